The van der Waals surface area contributed by atoms with Crippen molar-refractivity contribution < 1.29 is 9.53 Å². The molecule has 0 bridgehead atoms. The summed E-state index contributed by atoms with van der Waals surface area (Å²) in [7, 11) is 1.36. The average molecular weight is 230 g/mol. The van der Waals surface area contributed by atoms with Crippen LogP contribution in [0.15, 0.2) is 18.5 Å². The third-order valence-corrected chi connectivity index (χ3v) is 2.06. The fraction of sp³-hybridized carbons (Fsp3) is 0.250. The minimum atomic E-state index is -0.327. The van der Waals surface area contributed by atoms with Crippen molar-refractivity contribution in [1.82, 2.24) is 4.98 Å². The lowest BCUT2D eigenvalue weighted by atomic mass is 10.2. The van der Waals surface area contributed by atoms with Gasteiger partial charge in [-0.15, -0.1) is 0 Å². The largest absolute Gasteiger partial charge is 0.465 e. The Bertz CT molecular complexity index is 288. The van der Waals surface area contributed by atoms with Crippen LogP contribution >= 0.6 is 15.9 Å². The highest BCUT2D eigenvalue weighted by molar-refractivity contribution is 9.08. The molecule has 1 aromatic rings. The number of pyridine rings is 1. The minimum Gasteiger partial charge on any atom is -0.465 e. The molecule has 0 aliphatic rings. The molecule has 0 fully saturated rings. The summed E-state index contributed by atoms with van der Waals surface area (Å²) < 4.78 is 4.59. The minimum absolute atomic E-state index is 0.327. The molecule has 12 heavy (non-hydrogen) atoms. The van der Waals surface area contributed by atoms with Crippen molar-refractivity contribution in [2.24, 2.45) is 0 Å². The molecule has 0 spiro atoms. The second kappa shape index (κ2) is 4.21. The molecule has 4 heteroatoms. The summed E-state index contributed by atoms with van der Waals surface area (Å²) in [4.78, 5) is 15.0. The molecule has 0 saturated heterocycles. The number of alkyl halides is 1. The molecular formula is C8H8BrNO2. The lowest BCUT2D eigenvalue weighted by molar-refractivity contribution is 0.0599. The molecule has 3 nitrogen and oxygen atoms in total. The van der Waals surface area contributed by atoms with Gasteiger partial charge >= 0.3 is 5.97 Å². The zero-order chi connectivity index (χ0) is 8.97. The SMILES string of the molecule is COC(=O)c1ccncc1CBr. The zero-order valence-electron chi connectivity index (χ0n) is 6.58. The molecule has 0 unspecified atom stereocenters. The molecule has 1 rings (SSSR count). The van der Waals surface area contributed by atoms with Gasteiger partial charge in [0.2, 0.25) is 0 Å². The number of carbonyl (C=O) groups is 1. The molecule has 0 aromatic carbocycles. The standard InChI is InChI=1S/C8H8BrNO2/c1-12-8(11)7-2-3-10-5-6(7)4-9/h2-3,5H,4H2,1H3. The highest BCUT2D eigenvalue weighted by Gasteiger charge is 2.09. The Hall–Kier alpha value is -0.900. The molecule has 64 valence electrons. The van der Waals surface area contributed by atoms with Gasteiger partial charge in [0.15, 0.2) is 0 Å². The second-order valence-corrected chi connectivity index (χ2v) is 2.72. The third kappa shape index (κ3) is 1.82. The van der Waals surface area contributed by atoms with Crippen molar-refractivity contribution in [3.8, 4) is 0 Å². The lowest BCUT2D eigenvalue weighted by Crippen LogP contribution is -2.04. The molecule has 1 heterocycles. The van der Waals surface area contributed by atoms with Gasteiger partial charge in [0.1, 0.15) is 0 Å². The van der Waals surface area contributed by atoms with Gasteiger partial charge in [0.25, 0.3) is 0 Å². The van der Waals surface area contributed by atoms with Gasteiger partial charge in [-0.1, -0.05) is 15.9 Å². The summed E-state index contributed by atoms with van der Waals surface area (Å²) in [5.74, 6) is -0.327. The number of hydrogen-bond acceptors (Lipinski definition) is 3. The number of rotatable bonds is 2. The van der Waals surface area contributed by atoms with Crippen molar-refractivity contribution in [1.29, 1.82) is 0 Å². The van der Waals surface area contributed by atoms with Crippen LogP contribution in [0.25, 0.3) is 0 Å². The Balaban J connectivity index is 3.04. The van der Waals surface area contributed by atoms with E-state index in [0.29, 0.717) is 10.9 Å². The van der Waals surface area contributed by atoms with E-state index in [2.05, 4.69) is 25.7 Å². The van der Waals surface area contributed by atoms with Crippen LogP contribution in [0.3, 0.4) is 0 Å². The summed E-state index contributed by atoms with van der Waals surface area (Å²) in [6.45, 7) is 0. The molecule has 0 radical (unpaired) electrons. The molecule has 0 saturated carbocycles. The molecule has 0 N–H and O–H groups in total. The van der Waals surface area contributed by atoms with Crippen molar-refractivity contribution in [2.75, 3.05) is 7.11 Å². The molecule has 1 aromatic heterocycles. The van der Waals surface area contributed by atoms with E-state index in [1.54, 1.807) is 18.5 Å². The van der Waals surface area contributed by atoms with E-state index in [-0.39, 0.29) is 5.97 Å². The van der Waals surface area contributed by atoms with E-state index >= 15 is 0 Å². The molecular weight excluding hydrogens is 222 g/mol. The normalized spacial score (nSPS) is 9.50. The van der Waals surface area contributed by atoms with Crippen LogP contribution in [0, 0.1) is 0 Å². The van der Waals surface area contributed by atoms with Crippen LogP contribution < -0.4 is 0 Å². The Morgan fingerprint density at radius 2 is 2.50 bits per heavy atom. The maximum absolute atomic E-state index is 11.1. The van der Waals surface area contributed by atoms with Crippen molar-refractivity contribution in [3.63, 3.8) is 0 Å². The van der Waals surface area contributed by atoms with Crippen LogP contribution in [0.5, 0.6) is 0 Å². The summed E-state index contributed by atoms with van der Waals surface area (Å²) in [5, 5.41) is 0.602. The zero-order valence-corrected chi connectivity index (χ0v) is 8.17. The maximum atomic E-state index is 11.1. The van der Waals surface area contributed by atoms with E-state index in [9.17, 15) is 4.79 Å². The highest BCUT2D eigenvalue weighted by atomic mass is 79.9. The Morgan fingerprint density at radius 3 is 3.08 bits per heavy atom. The third-order valence-electron chi connectivity index (χ3n) is 1.45. The summed E-state index contributed by atoms with van der Waals surface area (Å²) in [6.07, 6.45) is 3.21. The van der Waals surface area contributed by atoms with E-state index in [4.69, 9.17) is 0 Å². The number of ether oxygens (including phenoxy) is 1. The average Bonchev–Trinajstić information content (AvgIpc) is 2.16. The van der Waals surface area contributed by atoms with Crippen LogP contribution in [-0.2, 0) is 10.1 Å². The van der Waals surface area contributed by atoms with Gasteiger partial charge in [-0.3, -0.25) is 4.98 Å². The molecule has 0 aliphatic carbocycles. The molecule has 0 atom stereocenters. The Morgan fingerprint density at radius 1 is 1.75 bits per heavy atom. The van der Waals surface area contributed by atoms with E-state index < -0.39 is 0 Å². The summed E-state index contributed by atoms with van der Waals surface area (Å²) in [6, 6.07) is 1.64. The number of esters is 1. The smallest absolute Gasteiger partial charge is 0.338 e. The van der Waals surface area contributed by atoms with E-state index in [0.717, 1.165) is 5.56 Å². The molecule has 0 aliphatic heterocycles. The number of halogens is 1. The van der Waals surface area contributed by atoms with Gasteiger partial charge in [0, 0.05) is 17.7 Å². The number of aromatic nitrogens is 1. The topological polar surface area (TPSA) is 39.2 Å². The predicted molar refractivity (Wildman–Crippen MR) is 48.2 cm³/mol. The number of hydrogen-bond donors (Lipinski definition) is 0. The van der Waals surface area contributed by atoms with Gasteiger partial charge in [0.05, 0.1) is 12.7 Å². The van der Waals surface area contributed by atoms with Crippen LogP contribution in [0.1, 0.15) is 15.9 Å². The second-order valence-electron chi connectivity index (χ2n) is 2.16. The summed E-state index contributed by atoms with van der Waals surface area (Å²) >= 11 is 3.26. The first-order valence-electron chi connectivity index (χ1n) is 3.36. The van der Waals surface area contributed by atoms with E-state index in [1.165, 1.54) is 7.11 Å². The van der Waals surface area contributed by atoms with Gasteiger partial charge < -0.3 is 4.74 Å². The van der Waals surface area contributed by atoms with Gasteiger partial charge in [-0.2, -0.15) is 0 Å². The van der Waals surface area contributed by atoms with Crippen molar-refractivity contribution in [3.05, 3.63) is 29.6 Å². The first-order chi connectivity index (χ1) is 5.79. The van der Waals surface area contributed by atoms with Crippen LogP contribution in [-0.4, -0.2) is 18.1 Å². The Kier molecular flexibility index (Phi) is 3.22. The van der Waals surface area contributed by atoms with Crippen LogP contribution in [0.2, 0.25) is 0 Å². The Labute approximate surface area is 78.9 Å². The number of carbonyl (C=O) groups excluding carboxylic acids is 1. The fourth-order valence-electron chi connectivity index (χ4n) is 0.843. The van der Waals surface area contributed by atoms with E-state index in [1.807, 2.05) is 0 Å². The summed E-state index contributed by atoms with van der Waals surface area (Å²) in [5.41, 5.74) is 1.40. The number of nitrogens with zero attached hydrogens (tertiary/aromatic N) is 1. The monoisotopic (exact) mass is 229 g/mol. The predicted octanol–water partition coefficient (Wildman–Crippen LogP) is 1.76. The molecule has 0 amide bonds. The van der Waals surface area contributed by atoms with Crippen molar-refractivity contribution in [2.45, 2.75) is 5.33 Å². The lowest BCUT2D eigenvalue weighted by Gasteiger charge is -2.02. The highest BCUT2D eigenvalue weighted by Crippen LogP contribution is 2.11. The number of methoxy groups -OCH3 is 1. The fourth-order valence-corrected chi connectivity index (χ4v) is 1.29. The van der Waals surface area contributed by atoms with Gasteiger partial charge in [-0.25, -0.2) is 4.79 Å². The van der Waals surface area contributed by atoms with Crippen LogP contribution in [0.4, 0.5) is 0 Å². The first kappa shape index (κ1) is 9.19. The van der Waals surface area contributed by atoms with Crippen molar-refractivity contribution >= 4 is 21.9 Å². The first-order valence-corrected chi connectivity index (χ1v) is 4.49. The van der Waals surface area contributed by atoms with Gasteiger partial charge in [-0.05, 0) is 11.6 Å². The quantitative estimate of drug-likeness (QED) is 0.574. The maximum Gasteiger partial charge on any atom is 0.338 e.